The molecule has 2 aromatic carbocycles. The van der Waals surface area contributed by atoms with E-state index in [1.54, 1.807) is 11.8 Å². The van der Waals surface area contributed by atoms with Crippen molar-refractivity contribution < 1.29 is 4.74 Å². The van der Waals surface area contributed by atoms with Crippen LogP contribution in [0.25, 0.3) is 0 Å². The van der Waals surface area contributed by atoms with Gasteiger partial charge in [0.15, 0.2) is 0 Å². The largest absolute Gasteiger partial charge is 0.353 e. The maximum Gasteiger partial charge on any atom is 0.139 e. The van der Waals surface area contributed by atoms with E-state index in [0.717, 1.165) is 0 Å². The Bertz CT molecular complexity index is 455. The number of hydrogen-bond acceptors (Lipinski definition) is 2. The van der Waals surface area contributed by atoms with Crippen LogP contribution in [0.5, 0.6) is 0 Å². The van der Waals surface area contributed by atoms with Crippen LogP contribution in [0.3, 0.4) is 0 Å². The van der Waals surface area contributed by atoms with Crippen LogP contribution in [0.15, 0.2) is 65.6 Å². The molecule has 0 spiro atoms. The molecule has 0 N–H and O–H groups in total. The Hall–Kier alpha value is -1.25. The fraction of sp³-hybridized carbons (Fsp3) is 0.143. The van der Waals surface area contributed by atoms with Crippen molar-refractivity contribution in [3.63, 3.8) is 0 Å². The van der Waals surface area contributed by atoms with Gasteiger partial charge in [-0.3, -0.25) is 0 Å². The highest BCUT2D eigenvalue weighted by Crippen LogP contribution is 2.48. The van der Waals surface area contributed by atoms with Gasteiger partial charge >= 0.3 is 0 Å². The van der Waals surface area contributed by atoms with E-state index < -0.39 is 0 Å². The molecule has 0 aliphatic carbocycles. The molecule has 1 heterocycles. The molecule has 1 nitrogen and oxygen atoms in total. The van der Waals surface area contributed by atoms with Crippen molar-refractivity contribution in [3.8, 4) is 0 Å². The molecule has 0 aromatic heterocycles. The van der Waals surface area contributed by atoms with Gasteiger partial charge in [-0.2, -0.15) is 0 Å². The lowest BCUT2D eigenvalue weighted by atomic mass is 10.2. The summed E-state index contributed by atoms with van der Waals surface area (Å²) in [4.78, 5) is 1.27. The first-order valence-electron chi connectivity index (χ1n) is 5.35. The van der Waals surface area contributed by atoms with E-state index in [1.807, 2.05) is 12.1 Å². The number of ether oxygens (including phenoxy) is 1. The first-order chi connectivity index (χ1) is 7.93. The van der Waals surface area contributed by atoms with Gasteiger partial charge in [0, 0.05) is 4.90 Å². The molecule has 3 rings (SSSR count). The third-order valence-corrected chi connectivity index (χ3v) is 3.71. The molecule has 2 heteroatoms. The minimum absolute atomic E-state index is 0.270. The van der Waals surface area contributed by atoms with Crippen molar-refractivity contribution in [1.29, 1.82) is 0 Å². The minimum atomic E-state index is 0.270. The Morgan fingerprint density at radius 2 is 1.44 bits per heavy atom. The Kier molecular flexibility index (Phi) is 2.68. The molecule has 0 unspecified atom stereocenters. The number of epoxide rings is 1. The molecule has 0 amide bonds. The zero-order chi connectivity index (χ0) is 10.8. The lowest BCUT2D eigenvalue weighted by Gasteiger charge is -1.96. The molecular weight excluding hydrogens is 216 g/mol. The van der Waals surface area contributed by atoms with Crippen molar-refractivity contribution in [1.82, 2.24) is 0 Å². The second-order valence-corrected chi connectivity index (χ2v) is 4.94. The Labute approximate surface area is 99.4 Å². The first kappa shape index (κ1) is 9.94. The van der Waals surface area contributed by atoms with Gasteiger partial charge in [-0.15, -0.1) is 0 Å². The van der Waals surface area contributed by atoms with Gasteiger partial charge in [0.05, 0.1) is 0 Å². The van der Waals surface area contributed by atoms with E-state index in [2.05, 4.69) is 48.5 Å². The summed E-state index contributed by atoms with van der Waals surface area (Å²) >= 11 is 1.79. The van der Waals surface area contributed by atoms with Crippen LogP contribution < -0.4 is 0 Å². The van der Waals surface area contributed by atoms with E-state index in [0.29, 0.717) is 0 Å². The summed E-state index contributed by atoms with van der Waals surface area (Å²) in [7, 11) is 0. The summed E-state index contributed by atoms with van der Waals surface area (Å²) in [5.74, 6) is 0. The quantitative estimate of drug-likeness (QED) is 0.739. The van der Waals surface area contributed by atoms with Gasteiger partial charge in [-0.25, -0.2) is 0 Å². The van der Waals surface area contributed by atoms with Crippen LogP contribution in [-0.4, -0.2) is 5.44 Å². The van der Waals surface area contributed by atoms with Gasteiger partial charge in [0.1, 0.15) is 11.5 Å². The van der Waals surface area contributed by atoms with Crippen LogP contribution >= 0.6 is 11.8 Å². The van der Waals surface area contributed by atoms with Crippen molar-refractivity contribution >= 4 is 11.8 Å². The highest BCUT2D eigenvalue weighted by atomic mass is 32.2. The van der Waals surface area contributed by atoms with Crippen LogP contribution in [0.2, 0.25) is 0 Å². The molecule has 1 saturated heterocycles. The molecule has 0 saturated carbocycles. The predicted octanol–water partition coefficient (Wildman–Crippen LogP) is 3.88. The van der Waals surface area contributed by atoms with Crippen molar-refractivity contribution in [2.24, 2.45) is 0 Å². The standard InChI is InChI=1S/C14H12OS/c1-3-7-11(8-4-1)13-14(15-13)16-12-9-5-2-6-10-12/h1-10,13-14H/t13-,14+/m1/s1. The molecule has 1 aliphatic rings. The monoisotopic (exact) mass is 228 g/mol. The van der Waals surface area contributed by atoms with Crippen LogP contribution in [0.1, 0.15) is 11.7 Å². The average Bonchev–Trinajstić information content (AvgIpc) is 3.11. The first-order valence-corrected chi connectivity index (χ1v) is 6.23. The van der Waals surface area contributed by atoms with E-state index in [1.165, 1.54) is 10.5 Å². The molecule has 80 valence electrons. The Morgan fingerprint density at radius 1 is 0.812 bits per heavy atom. The molecular formula is C14H12OS. The summed E-state index contributed by atoms with van der Waals surface area (Å²) < 4.78 is 5.67. The summed E-state index contributed by atoms with van der Waals surface area (Å²) in [6.45, 7) is 0. The normalized spacial score (nSPS) is 23.0. The lowest BCUT2D eigenvalue weighted by molar-refractivity contribution is 0.406. The zero-order valence-electron chi connectivity index (χ0n) is 8.74. The minimum Gasteiger partial charge on any atom is -0.353 e. The summed E-state index contributed by atoms with van der Waals surface area (Å²) in [5, 5.41) is 0. The Morgan fingerprint density at radius 3 is 2.12 bits per heavy atom. The van der Waals surface area contributed by atoms with Crippen molar-refractivity contribution in [2.75, 3.05) is 0 Å². The second-order valence-electron chi connectivity index (χ2n) is 3.77. The van der Waals surface area contributed by atoms with Crippen molar-refractivity contribution in [3.05, 3.63) is 66.2 Å². The zero-order valence-corrected chi connectivity index (χ0v) is 9.56. The number of thioether (sulfide) groups is 1. The Balaban J connectivity index is 1.65. The molecule has 0 bridgehead atoms. The van der Waals surface area contributed by atoms with Crippen molar-refractivity contribution in [2.45, 2.75) is 16.4 Å². The van der Waals surface area contributed by atoms with Crippen LogP contribution in [0, 0.1) is 0 Å². The number of rotatable bonds is 3. The highest BCUT2D eigenvalue weighted by molar-refractivity contribution is 8.00. The van der Waals surface area contributed by atoms with Gasteiger partial charge in [-0.05, 0) is 17.7 Å². The highest BCUT2D eigenvalue weighted by Gasteiger charge is 2.40. The van der Waals surface area contributed by atoms with E-state index in [9.17, 15) is 0 Å². The molecule has 1 aliphatic heterocycles. The van der Waals surface area contributed by atoms with Gasteiger partial charge in [0.25, 0.3) is 0 Å². The topological polar surface area (TPSA) is 12.5 Å². The lowest BCUT2D eigenvalue weighted by Crippen LogP contribution is -1.83. The fourth-order valence-electron chi connectivity index (χ4n) is 1.70. The van der Waals surface area contributed by atoms with Crippen LogP contribution in [-0.2, 0) is 4.74 Å². The van der Waals surface area contributed by atoms with Gasteiger partial charge < -0.3 is 4.74 Å². The van der Waals surface area contributed by atoms with E-state index in [4.69, 9.17) is 4.74 Å². The predicted molar refractivity (Wildman–Crippen MR) is 66.4 cm³/mol. The fourth-order valence-corrected chi connectivity index (χ4v) is 2.74. The molecule has 2 aromatic rings. The SMILES string of the molecule is c1ccc(S[C@@H]2O[C@@H]2c2ccccc2)cc1. The number of hydrogen-bond donors (Lipinski definition) is 0. The molecule has 2 atom stereocenters. The van der Waals surface area contributed by atoms with E-state index in [-0.39, 0.29) is 11.5 Å². The summed E-state index contributed by atoms with van der Waals surface area (Å²) in [5.41, 5.74) is 1.56. The number of benzene rings is 2. The average molecular weight is 228 g/mol. The maximum absolute atomic E-state index is 5.67. The molecule has 16 heavy (non-hydrogen) atoms. The summed E-state index contributed by atoms with van der Waals surface area (Å²) in [6.07, 6.45) is 0.270. The maximum atomic E-state index is 5.67. The third-order valence-electron chi connectivity index (χ3n) is 2.57. The molecule has 1 fully saturated rings. The second kappa shape index (κ2) is 4.32. The van der Waals surface area contributed by atoms with Gasteiger partial charge in [0.2, 0.25) is 0 Å². The van der Waals surface area contributed by atoms with Gasteiger partial charge in [-0.1, -0.05) is 60.3 Å². The van der Waals surface area contributed by atoms with Crippen LogP contribution in [0.4, 0.5) is 0 Å². The smallest absolute Gasteiger partial charge is 0.139 e. The van der Waals surface area contributed by atoms with E-state index >= 15 is 0 Å². The third kappa shape index (κ3) is 2.13. The molecule has 0 radical (unpaired) electrons. The summed E-state index contributed by atoms with van der Waals surface area (Å²) in [6, 6.07) is 20.8.